The minimum absolute atomic E-state index is 0.135. The summed E-state index contributed by atoms with van der Waals surface area (Å²) < 4.78 is 11.1. The number of furan rings is 1. The molecule has 2 aromatic carbocycles. The van der Waals surface area contributed by atoms with E-state index in [0.29, 0.717) is 12.3 Å². The van der Waals surface area contributed by atoms with Crippen molar-refractivity contribution in [2.24, 2.45) is 0 Å². The molecule has 0 radical (unpaired) electrons. The van der Waals surface area contributed by atoms with Gasteiger partial charge in [0.1, 0.15) is 12.4 Å². The monoisotopic (exact) mass is 364 g/mol. The quantitative estimate of drug-likeness (QED) is 0.653. The SMILES string of the molecule is C[C@@H](CNC(=O)c1occc1COc1ccccc1)N(C)c1ccccc1. The largest absolute Gasteiger partial charge is 0.489 e. The predicted molar refractivity (Wildman–Crippen MR) is 106 cm³/mol. The summed E-state index contributed by atoms with van der Waals surface area (Å²) in [7, 11) is 2.01. The molecule has 0 spiro atoms. The van der Waals surface area contributed by atoms with E-state index in [2.05, 4.69) is 17.1 Å². The molecule has 0 aliphatic heterocycles. The molecule has 3 aromatic rings. The van der Waals surface area contributed by atoms with Crippen LogP contribution in [0.1, 0.15) is 23.0 Å². The molecule has 0 unspecified atom stereocenters. The number of hydrogen-bond acceptors (Lipinski definition) is 4. The Kier molecular flexibility index (Phi) is 6.15. The van der Waals surface area contributed by atoms with Crippen LogP contribution in [0.15, 0.2) is 77.4 Å². The smallest absolute Gasteiger partial charge is 0.287 e. The lowest BCUT2D eigenvalue weighted by atomic mass is 10.2. The van der Waals surface area contributed by atoms with Gasteiger partial charge in [-0.25, -0.2) is 0 Å². The number of ether oxygens (including phenoxy) is 1. The van der Waals surface area contributed by atoms with E-state index in [9.17, 15) is 4.79 Å². The third kappa shape index (κ3) is 4.91. The van der Waals surface area contributed by atoms with E-state index in [1.165, 1.54) is 6.26 Å². The molecule has 0 saturated carbocycles. The van der Waals surface area contributed by atoms with Crippen LogP contribution < -0.4 is 15.0 Å². The second-order valence-corrected chi connectivity index (χ2v) is 6.38. The molecule has 0 saturated heterocycles. The molecule has 1 atom stereocenters. The molecule has 1 aromatic heterocycles. The van der Waals surface area contributed by atoms with Gasteiger partial charge >= 0.3 is 0 Å². The first-order valence-corrected chi connectivity index (χ1v) is 8.95. The van der Waals surface area contributed by atoms with Crippen molar-refractivity contribution in [2.45, 2.75) is 19.6 Å². The number of rotatable bonds is 8. The van der Waals surface area contributed by atoms with E-state index in [0.717, 1.165) is 17.0 Å². The van der Waals surface area contributed by atoms with Crippen LogP contribution in [0.5, 0.6) is 5.75 Å². The van der Waals surface area contributed by atoms with Crippen molar-refractivity contribution in [1.82, 2.24) is 5.32 Å². The fraction of sp³-hybridized carbons (Fsp3) is 0.227. The van der Waals surface area contributed by atoms with Gasteiger partial charge in [0, 0.05) is 30.9 Å². The molecule has 3 rings (SSSR count). The number of para-hydroxylation sites is 2. The number of carbonyl (C=O) groups excluding carboxylic acids is 1. The third-order valence-corrected chi connectivity index (χ3v) is 4.47. The van der Waals surface area contributed by atoms with Crippen molar-refractivity contribution in [2.75, 3.05) is 18.5 Å². The summed E-state index contributed by atoms with van der Waals surface area (Å²) in [5, 5.41) is 2.94. The van der Waals surface area contributed by atoms with E-state index in [1.807, 2.05) is 67.7 Å². The molecule has 0 bridgehead atoms. The maximum absolute atomic E-state index is 12.5. The first-order valence-electron chi connectivity index (χ1n) is 8.95. The van der Waals surface area contributed by atoms with Crippen molar-refractivity contribution in [3.05, 3.63) is 84.3 Å². The van der Waals surface area contributed by atoms with E-state index >= 15 is 0 Å². The van der Waals surface area contributed by atoms with Gasteiger partial charge in [0.05, 0.1) is 6.26 Å². The van der Waals surface area contributed by atoms with Gasteiger partial charge in [0.15, 0.2) is 5.76 Å². The summed E-state index contributed by atoms with van der Waals surface area (Å²) in [4.78, 5) is 14.6. The van der Waals surface area contributed by atoms with Crippen LogP contribution in [0.25, 0.3) is 0 Å². The lowest BCUT2D eigenvalue weighted by Gasteiger charge is -2.27. The van der Waals surface area contributed by atoms with Gasteiger partial charge in [-0.05, 0) is 37.3 Å². The fourth-order valence-electron chi connectivity index (χ4n) is 2.70. The Morgan fingerprint density at radius 2 is 1.74 bits per heavy atom. The van der Waals surface area contributed by atoms with Crippen LogP contribution in [0.4, 0.5) is 5.69 Å². The van der Waals surface area contributed by atoms with Gasteiger partial charge in [0.2, 0.25) is 0 Å². The zero-order chi connectivity index (χ0) is 19.1. The summed E-state index contributed by atoms with van der Waals surface area (Å²) in [6.07, 6.45) is 1.51. The maximum Gasteiger partial charge on any atom is 0.287 e. The number of likely N-dealkylation sites (N-methyl/N-ethyl adjacent to an activating group) is 1. The van der Waals surface area contributed by atoms with E-state index in [4.69, 9.17) is 9.15 Å². The number of anilines is 1. The van der Waals surface area contributed by atoms with Gasteiger partial charge in [-0.3, -0.25) is 4.79 Å². The molecule has 140 valence electrons. The molecule has 0 aliphatic carbocycles. The third-order valence-electron chi connectivity index (χ3n) is 4.47. The van der Waals surface area contributed by atoms with Gasteiger partial charge in [-0.15, -0.1) is 0 Å². The summed E-state index contributed by atoms with van der Waals surface area (Å²) in [6, 6.07) is 21.5. The van der Waals surface area contributed by atoms with Crippen LogP contribution in [0.2, 0.25) is 0 Å². The fourth-order valence-corrected chi connectivity index (χ4v) is 2.70. The highest BCUT2D eigenvalue weighted by atomic mass is 16.5. The van der Waals surface area contributed by atoms with Crippen LogP contribution in [0.3, 0.4) is 0 Å². The van der Waals surface area contributed by atoms with Crippen molar-refractivity contribution >= 4 is 11.6 Å². The topological polar surface area (TPSA) is 54.7 Å². The van der Waals surface area contributed by atoms with Gasteiger partial charge in [-0.2, -0.15) is 0 Å². The van der Waals surface area contributed by atoms with Crippen LogP contribution >= 0.6 is 0 Å². The average Bonchev–Trinajstić information content (AvgIpc) is 3.20. The highest BCUT2D eigenvalue weighted by Crippen LogP contribution is 2.16. The zero-order valence-electron chi connectivity index (χ0n) is 15.6. The molecule has 1 N–H and O–H groups in total. The molecule has 5 nitrogen and oxygen atoms in total. The normalized spacial score (nSPS) is 11.6. The number of nitrogens with zero attached hydrogens (tertiary/aromatic N) is 1. The number of amides is 1. The predicted octanol–water partition coefficient (Wildman–Crippen LogP) is 4.11. The summed E-state index contributed by atoms with van der Waals surface area (Å²) in [5.74, 6) is 0.809. The molecular formula is C22H24N2O3. The minimum atomic E-state index is -0.236. The number of carbonyl (C=O) groups is 1. The van der Waals surface area contributed by atoms with Crippen LogP contribution in [-0.4, -0.2) is 25.5 Å². The standard InChI is InChI=1S/C22H24N2O3/c1-17(24(2)19-9-5-3-6-10-19)15-23-22(25)21-18(13-14-26-21)16-27-20-11-7-4-8-12-20/h3-14,17H,15-16H2,1-2H3,(H,23,25)/t17-/m0/s1. The van der Waals surface area contributed by atoms with Crippen LogP contribution in [0, 0.1) is 0 Å². The lowest BCUT2D eigenvalue weighted by molar-refractivity contribution is 0.0920. The van der Waals surface area contributed by atoms with Gasteiger partial charge in [-0.1, -0.05) is 36.4 Å². The van der Waals surface area contributed by atoms with E-state index in [-0.39, 0.29) is 18.6 Å². The Morgan fingerprint density at radius 3 is 2.44 bits per heavy atom. The molecule has 5 heteroatoms. The van der Waals surface area contributed by atoms with Crippen molar-refractivity contribution in [3.63, 3.8) is 0 Å². The second-order valence-electron chi connectivity index (χ2n) is 6.38. The Balaban J connectivity index is 1.55. The highest BCUT2D eigenvalue weighted by Gasteiger charge is 2.18. The number of benzene rings is 2. The number of nitrogens with one attached hydrogen (secondary N) is 1. The summed E-state index contributed by atoms with van der Waals surface area (Å²) >= 11 is 0. The Labute approximate surface area is 159 Å². The molecular weight excluding hydrogens is 340 g/mol. The Hall–Kier alpha value is -3.21. The second kappa shape index (κ2) is 8.94. The molecule has 27 heavy (non-hydrogen) atoms. The number of hydrogen-bond donors (Lipinski definition) is 1. The van der Waals surface area contributed by atoms with Crippen LogP contribution in [-0.2, 0) is 6.61 Å². The lowest BCUT2D eigenvalue weighted by Crippen LogP contribution is -2.40. The minimum Gasteiger partial charge on any atom is -0.489 e. The maximum atomic E-state index is 12.5. The highest BCUT2D eigenvalue weighted by molar-refractivity contribution is 5.92. The van der Waals surface area contributed by atoms with Gasteiger partial charge < -0.3 is 19.4 Å². The Morgan fingerprint density at radius 1 is 1.07 bits per heavy atom. The van der Waals surface area contributed by atoms with E-state index < -0.39 is 0 Å². The van der Waals surface area contributed by atoms with Gasteiger partial charge in [0.25, 0.3) is 5.91 Å². The molecule has 0 fully saturated rings. The Bertz CT molecular complexity index is 846. The first kappa shape index (κ1) is 18.6. The zero-order valence-corrected chi connectivity index (χ0v) is 15.6. The molecule has 0 aliphatic rings. The average molecular weight is 364 g/mol. The summed E-state index contributed by atoms with van der Waals surface area (Å²) in [5.41, 5.74) is 1.83. The van der Waals surface area contributed by atoms with Crippen molar-refractivity contribution in [1.29, 1.82) is 0 Å². The molecule has 1 heterocycles. The summed E-state index contributed by atoms with van der Waals surface area (Å²) in [6.45, 7) is 2.85. The van der Waals surface area contributed by atoms with E-state index in [1.54, 1.807) is 6.07 Å². The first-order chi connectivity index (χ1) is 13.1. The van der Waals surface area contributed by atoms with Crippen molar-refractivity contribution in [3.8, 4) is 5.75 Å². The van der Waals surface area contributed by atoms with Crippen molar-refractivity contribution < 1.29 is 13.9 Å². The molecule has 1 amide bonds.